The molecule has 2 rings (SSSR count). The van der Waals surface area contributed by atoms with Crippen LogP contribution in [0.3, 0.4) is 0 Å². The topological polar surface area (TPSA) is 74.7 Å². The molecule has 1 fully saturated rings. The van der Waals surface area contributed by atoms with Crippen molar-refractivity contribution in [2.24, 2.45) is 11.8 Å². The van der Waals surface area contributed by atoms with E-state index in [-0.39, 0.29) is 4.90 Å². The van der Waals surface area contributed by atoms with E-state index in [1.807, 2.05) is 0 Å². The standard InChI is InChI=1S/C13H14F3NO4S/c1-8-3-2-4-9(5-8)22(20,21)17-6-10(12(18)19)11(7-17)13(14,15)16/h2-5,10-11H,6-7H2,1H3,(H,18,19)/t10-,11-/m1/s1. The highest BCUT2D eigenvalue weighted by molar-refractivity contribution is 7.89. The van der Waals surface area contributed by atoms with Crippen molar-refractivity contribution >= 4 is 16.0 Å². The van der Waals surface area contributed by atoms with E-state index in [0.29, 0.717) is 9.87 Å². The average molecular weight is 337 g/mol. The molecule has 9 heteroatoms. The molecule has 1 aromatic carbocycles. The summed E-state index contributed by atoms with van der Waals surface area (Å²) >= 11 is 0. The van der Waals surface area contributed by atoms with Crippen LogP contribution in [0.25, 0.3) is 0 Å². The van der Waals surface area contributed by atoms with Gasteiger partial charge in [0.05, 0.1) is 16.7 Å². The molecular weight excluding hydrogens is 323 g/mol. The summed E-state index contributed by atoms with van der Waals surface area (Å²) in [4.78, 5) is 10.9. The number of carboxylic acid groups (broad SMARTS) is 1. The van der Waals surface area contributed by atoms with Gasteiger partial charge in [0, 0.05) is 13.1 Å². The minimum atomic E-state index is -4.76. The number of aliphatic carboxylic acids is 1. The molecule has 0 bridgehead atoms. The molecule has 1 N–H and O–H groups in total. The van der Waals surface area contributed by atoms with Gasteiger partial charge < -0.3 is 5.11 Å². The van der Waals surface area contributed by atoms with Gasteiger partial charge in [-0.05, 0) is 24.6 Å². The quantitative estimate of drug-likeness (QED) is 0.914. The van der Waals surface area contributed by atoms with E-state index in [1.54, 1.807) is 13.0 Å². The highest BCUT2D eigenvalue weighted by atomic mass is 32.2. The van der Waals surface area contributed by atoms with E-state index in [1.165, 1.54) is 18.2 Å². The zero-order valence-corrected chi connectivity index (χ0v) is 12.4. The molecule has 1 saturated heterocycles. The highest BCUT2D eigenvalue weighted by Crippen LogP contribution is 2.39. The largest absolute Gasteiger partial charge is 0.481 e. The zero-order valence-electron chi connectivity index (χ0n) is 11.5. The Kier molecular flexibility index (Phi) is 4.22. The van der Waals surface area contributed by atoms with Gasteiger partial charge in [-0.3, -0.25) is 4.79 Å². The first-order valence-electron chi connectivity index (χ1n) is 6.40. The molecule has 0 aromatic heterocycles. The smallest absolute Gasteiger partial charge is 0.393 e. The Hall–Kier alpha value is -1.61. The number of rotatable bonds is 3. The van der Waals surface area contributed by atoms with Crippen LogP contribution in [-0.2, 0) is 14.8 Å². The first-order valence-corrected chi connectivity index (χ1v) is 7.84. The van der Waals surface area contributed by atoms with E-state index < -0.39 is 47.1 Å². The summed E-state index contributed by atoms with van der Waals surface area (Å²) in [6.45, 7) is 0.0914. The van der Waals surface area contributed by atoms with Crippen LogP contribution >= 0.6 is 0 Å². The lowest BCUT2D eigenvalue weighted by Gasteiger charge is -2.18. The van der Waals surface area contributed by atoms with Gasteiger partial charge in [0.25, 0.3) is 0 Å². The minimum absolute atomic E-state index is 0.139. The molecule has 22 heavy (non-hydrogen) atoms. The second-order valence-electron chi connectivity index (χ2n) is 5.23. The first-order chi connectivity index (χ1) is 10.0. The third-order valence-corrected chi connectivity index (χ3v) is 5.48. The van der Waals surface area contributed by atoms with Gasteiger partial charge in [-0.1, -0.05) is 12.1 Å². The molecule has 0 saturated carbocycles. The molecule has 0 radical (unpaired) electrons. The van der Waals surface area contributed by atoms with Crippen molar-refractivity contribution in [3.05, 3.63) is 29.8 Å². The summed E-state index contributed by atoms with van der Waals surface area (Å²) in [6.07, 6.45) is -4.76. The molecule has 122 valence electrons. The van der Waals surface area contributed by atoms with Gasteiger partial charge in [0.1, 0.15) is 0 Å². The number of carboxylic acids is 1. The Morgan fingerprint density at radius 1 is 1.32 bits per heavy atom. The second-order valence-corrected chi connectivity index (χ2v) is 7.17. The predicted molar refractivity (Wildman–Crippen MR) is 70.6 cm³/mol. The highest BCUT2D eigenvalue weighted by Gasteiger charge is 2.54. The number of sulfonamides is 1. The van der Waals surface area contributed by atoms with Gasteiger partial charge in [0.2, 0.25) is 10.0 Å². The third kappa shape index (κ3) is 3.09. The van der Waals surface area contributed by atoms with Gasteiger partial charge in [-0.25, -0.2) is 8.42 Å². The maximum absolute atomic E-state index is 12.9. The van der Waals surface area contributed by atoms with Crippen LogP contribution in [-0.4, -0.2) is 43.1 Å². The summed E-state index contributed by atoms with van der Waals surface area (Å²) in [7, 11) is -4.15. The Morgan fingerprint density at radius 2 is 1.95 bits per heavy atom. The fourth-order valence-electron chi connectivity index (χ4n) is 2.47. The fraction of sp³-hybridized carbons (Fsp3) is 0.462. The van der Waals surface area contributed by atoms with Crippen molar-refractivity contribution in [2.75, 3.05) is 13.1 Å². The van der Waals surface area contributed by atoms with Crippen molar-refractivity contribution < 1.29 is 31.5 Å². The molecule has 2 atom stereocenters. The summed E-state index contributed by atoms with van der Waals surface area (Å²) in [5.74, 6) is -5.64. The molecule has 0 unspecified atom stereocenters. The van der Waals surface area contributed by atoms with Crippen LogP contribution in [0.1, 0.15) is 5.56 Å². The van der Waals surface area contributed by atoms with E-state index in [0.717, 1.165) is 0 Å². The number of halogens is 3. The number of carbonyl (C=O) groups is 1. The number of aryl methyl sites for hydroxylation is 1. The van der Waals surface area contributed by atoms with E-state index in [2.05, 4.69) is 0 Å². The Labute approximate surface area is 125 Å². The SMILES string of the molecule is Cc1cccc(S(=O)(=O)N2C[C@@H](C(F)(F)F)[C@H](C(=O)O)C2)c1. The van der Waals surface area contributed by atoms with Crippen LogP contribution in [0.5, 0.6) is 0 Å². The van der Waals surface area contributed by atoms with Crippen molar-refractivity contribution in [2.45, 2.75) is 18.0 Å². The van der Waals surface area contributed by atoms with Crippen LogP contribution in [0.2, 0.25) is 0 Å². The fourth-order valence-corrected chi connectivity index (χ4v) is 4.07. The number of nitrogens with zero attached hydrogens (tertiary/aromatic N) is 1. The maximum Gasteiger partial charge on any atom is 0.393 e. The number of hydrogen-bond donors (Lipinski definition) is 1. The van der Waals surface area contributed by atoms with E-state index in [9.17, 15) is 26.4 Å². The summed E-state index contributed by atoms with van der Waals surface area (Å²) in [5, 5.41) is 8.92. The van der Waals surface area contributed by atoms with Crippen molar-refractivity contribution in [3.63, 3.8) is 0 Å². The van der Waals surface area contributed by atoms with E-state index >= 15 is 0 Å². The van der Waals surface area contributed by atoms with Crippen LogP contribution in [0, 0.1) is 18.8 Å². The second kappa shape index (κ2) is 5.54. The Bertz CT molecular complexity index is 687. The minimum Gasteiger partial charge on any atom is -0.481 e. The number of alkyl halides is 3. The summed E-state index contributed by atoms with van der Waals surface area (Å²) in [6, 6.07) is 5.75. The molecule has 1 heterocycles. The lowest BCUT2D eigenvalue weighted by atomic mass is 9.96. The van der Waals surface area contributed by atoms with Crippen LogP contribution in [0.15, 0.2) is 29.2 Å². The molecule has 0 spiro atoms. The van der Waals surface area contributed by atoms with Gasteiger partial charge in [0.15, 0.2) is 0 Å². The zero-order chi connectivity index (χ0) is 16.7. The Balaban J connectivity index is 2.36. The van der Waals surface area contributed by atoms with Gasteiger partial charge in [-0.15, -0.1) is 0 Å². The van der Waals surface area contributed by atoms with Crippen LogP contribution in [0.4, 0.5) is 13.2 Å². The first kappa shape index (κ1) is 16.8. The van der Waals surface area contributed by atoms with Crippen LogP contribution < -0.4 is 0 Å². The molecule has 1 aliphatic heterocycles. The van der Waals surface area contributed by atoms with Gasteiger partial charge >= 0.3 is 12.1 Å². The molecule has 5 nitrogen and oxygen atoms in total. The normalized spacial score (nSPS) is 23.6. The third-order valence-electron chi connectivity index (χ3n) is 3.65. The molecule has 0 amide bonds. The Morgan fingerprint density at radius 3 is 2.41 bits per heavy atom. The van der Waals surface area contributed by atoms with Gasteiger partial charge in [-0.2, -0.15) is 17.5 Å². The lowest BCUT2D eigenvalue weighted by molar-refractivity contribution is -0.187. The summed E-state index contributed by atoms with van der Waals surface area (Å²) < 4.78 is 64.1. The van der Waals surface area contributed by atoms with E-state index in [4.69, 9.17) is 5.11 Å². The maximum atomic E-state index is 12.9. The number of benzene rings is 1. The summed E-state index contributed by atoms with van der Waals surface area (Å²) in [5.41, 5.74) is 0.641. The molecule has 1 aliphatic rings. The monoisotopic (exact) mass is 337 g/mol. The average Bonchev–Trinajstić information content (AvgIpc) is 2.84. The van der Waals surface area contributed by atoms with Crippen molar-refractivity contribution in [3.8, 4) is 0 Å². The lowest BCUT2D eigenvalue weighted by Crippen LogP contribution is -2.34. The number of hydrogen-bond acceptors (Lipinski definition) is 3. The van der Waals surface area contributed by atoms with Crippen molar-refractivity contribution in [1.82, 2.24) is 4.31 Å². The van der Waals surface area contributed by atoms with Crippen molar-refractivity contribution in [1.29, 1.82) is 0 Å². The molecule has 1 aromatic rings. The molecular formula is C13H14F3NO4S. The molecule has 0 aliphatic carbocycles. The predicted octanol–water partition coefficient (Wildman–Crippen LogP) is 1.88.